The highest BCUT2D eigenvalue weighted by Gasteiger charge is 2.35. The molecular formula is C29H26FN3O2S. The molecule has 1 saturated carbocycles. The summed E-state index contributed by atoms with van der Waals surface area (Å²) in [5.74, 6) is -0.132. The number of nitrogens with zero attached hydrogens (tertiary/aromatic N) is 2. The van der Waals surface area contributed by atoms with Gasteiger partial charge in [0.05, 0.1) is 9.88 Å². The molecule has 0 spiro atoms. The third kappa shape index (κ3) is 4.39. The molecule has 2 fully saturated rings. The van der Waals surface area contributed by atoms with E-state index in [9.17, 15) is 14.0 Å². The lowest BCUT2D eigenvalue weighted by atomic mass is 10.0. The largest absolute Gasteiger partial charge is 0.350 e. The number of carbonyl (C=O) groups is 2. The van der Waals surface area contributed by atoms with Crippen LogP contribution in [0.2, 0.25) is 0 Å². The molecule has 1 aliphatic carbocycles. The molecule has 1 atom stereocenters. The zero-order valence-electron chi connectivity index (χ0n) is 19.7. The van der Waals surface area contributed by atoms with Gasteiger partial charge in [-0.3, -0.25) is 9.59 Å². The van der Waals surface area contributed by atoms with E-state index in [0.717, 1.165) is 51.9 Å². The van der Waals surface area contributed by atoms with Crippen molar-refractivity contribution in [2.45, 2.75) is 37.6 Å². The van der Waals surface area contributed by atoms with Gasteiger partial charge in [-0.1, -0.05) is 48.5 Å². The molecule has 0 unspecified atom stereocenters. The fourth-order valence-electron chi connectivity index (χ4n) is 4.96. The lowest BCUT2D eigenvalue weighted by Crippen LogP contribution is -2.43. The first-order valence-corrected chi connectivity index (χ1v) is 13.2. The molecule has 2 aliphatic rings. The summed E-state index contributed by atoms with van der Waals surface area (Å²) >= 11 is 1.54. The Labute approximate surface area is 213 Å². The number of thiazole rings is 1. The van der Waals surface area contributed by atoms with E-state index in [4.69, 9.17) is 4.98 Å². The van der Waals surface area contributed by atoms with Crippen molar-refractivity contribution in [3.05, 3.63) is 88.8 Å². The van der Waals surface area contributed by atoms with Crippen LogP contribution in [0.5, 0.6) is 0 Å². The van der Waals surface area contributed by atoms with Crippen LogP contribution in [0.25, 0.3) is 21.2 Å². The molecular weight excluding hydrogens is 473 g/mol. The van der Waals surface area contributed by atoms with Gasteiger partial charge in [-0.25, -0.2) is 9.37 Å². The van der Waals surface area contributed by atoms with Gasteiger partial charge >= 0.3 is 0 Å². The molecule has 3 aromatic carbocycles. The van der Waals surface area contributed by atoms with E-state index >= 15 is 0 Å². The van der Waals surface area contributed by atoms with Crippen LogP contribution in [0.1, 0.15) is 57.5 Å². The van der Waals surface area contributed by atoms with Gasteiger partial charge in [-0.05, 0) is 60.2 Å². The SMILES string of the molecule is O=C(NC[C@@H]1CCCN1C(=O)c1nc(C2CC2)sc1-c1ccc(F)cc1)c1cccc2ccccc12. The highest BCUT2D eigenvalue weighted by Crippen LogP contribution is 2.45. The first kappa shape index (κ1) is 22.9. The molecule has 4 aromatic rings. The molecule has 1 aromatic heterocycles. The minimum Gasteiger partial charge on any atom is -0.350 e. The van der Waals surface area contributed by atoms with Crippen LogP contribution in [0.15, 0.2) is 66.7 Å². The van der Waals surface area contributed by atoms with Crippen LogP contribution < -0.4 is 5.32 Å². The summed E-state index contributed by atoms with van der Waals surface area (Å²) in [6.45, 7) is 1.02. The number of fused-ring (bicyclic) bond motifs is 1. The maximum atomic E-state index is 13.7. The minimum atomic E-state index is -0.305. The smallest absolute Gasteiger partial charge is 0.274 e. The first-order valence-electron chi connectivity index (χ1n) is 12.4. The summed E-state index contributed by atoms with van der Waals surface area (Å²) < 4.78 is 13.5. The summed E-state index contributed by atoms with van der Waals surface area (Å²) in [7, 11) is 0. The molecule has 5 nitrogen and oxygen atoms in total. The summed E-state index contributed by atoms with van der Waals surface area (Å²) in [6.07, 6.45) is 3.90. The van der Waals surface area contributed by atoms with Crippen LogP contribution in [0, 0.1) is 5.82 Å². The molecule has 36 heavy (non-hydrogen) atoms. The highest BCUT2D eigenvalue weighted by molar-refractivity contribution is 7.15. The van der Waals surface area contributed by atoms with E-state index in [0.29, 0.717) is 30.3 Å². The van der Waals surface area contributed by atoms with Crippen LogP contribution in [0.3, 0.4) is 0 Å². The summed E-state index contributed by atoms with van der Waals surface area (Å²) in [5, 5.41) is 5.98. The van der Waals surface area contributed by atoms with Crippen molar-refractivity contribution in [2.24, 2.45) is 0 Å². The number of aromatic nitrogens is 1. The van der Waals surface area contributed by atoms with Gasteiger partial charge in [0.25, 0.3) is 11.8 Å². The Bertz CT molecular complexity index is 1440. The number of nitrogens with one attached hydrogen (secondary N) is 1. The van der Waals surface area contributed by atoms with E-state index < -0.39 is 0 Å². The Hall–Kier alpha value is -3.58. The minimum absolute atomic E-state index is 0.0939. The number of rotatable bonds is 6. The Kier molecular flexibility index (Phi) is 6.01. The fourth-order valence-corrected chi connectivity index (χ4v) is 6.20. The van der Waals surface area contributed by atoms with Gasteiger partial charge in [0.15, 0.2) is 0 Å². The molecule has 6 rings (SSSR count). The van der Waals surface area contributed by atoms with Crippen LogP contribution >= 0.6 is 11.3 Å². The van der Waals surface area contributed by atoms with E-state index in [1.54, 1.807) is 23.5 Å². The molecule has 2 amide bonds. The first-order chi connectivity index (χ1) is 17.6. The van der Waals surface area contributed by atoms with Crippen molar-refractivity contribution in [3.8, 4) is 10.4 Å². The van der Waals surface area contributed by atoms with E-state index in [-0.39, 0.29) is 23.7 Å². The van der Waals surface area contributed by atoms with E-state index in [1.165, 1.54) is 12.1 Å². The van der Waals surface area contributed by atoms with Crippen molar-refractivity contribution in [2.75, 3.05) is 13.1 Å². The molecule has 1 N–H and O–H groups in total. The average Bonchev–Trinajstić information content (AvgIpc) is 3.48. The second kappa shape index (κ2) is 9.47. The van der Waals surface area contributed by atoms with E-state index in [2.05, 4.69) is 5.32 Å². The van der Waals surface area contributed by atoms with E-state index in [1.807, 2.05) is 47.4 Å². The van der Waals surface area contributed by atoms with Gasteiger partial charge < -0.3 is 10.2 Å². The van der Waals surface area contributed by atoms with Gasteiger partial charge in [0.1, 0.15) is 11.5 Å². The van der Waals surface area contributed by atoms with Crippen molar-refractivity contribution >= 4 is 33.9 Å². The van der Waals surface area contributed by atoms with Gasteiger partial charge in [0.2, 0.25) is 0 Å². The van der Waals surface area contributed by atoms with Crippen molar-refractivity contribution in [3.63, 3.8) is 0 Å². The van der Waals surface area contributed by atoms with Crippen LogP contribution in [-0.4, -0.2) is 40.8 Å². The number of halogens is 1. The Morgan fingerprint density at radius 2 is 1.78 bits per heavy atom. The number of benzene rings is 3. The lowest BCUT2D eigenvalue weighted by Gasteiger charge is -2.25. The Morgan fingerprint density at radius 3 is 2.58 bits per heavy atom. The van der Waals surface area contributed by atoms with Crippen LogP contribution in [0.4, 0.5) is 4.39 Å². The van der Waals surface area contributed by atoms with Gasteiger partial charge in [-0.2, -0.15) is 0 Å². The van der Waals surface area contributed by atoms with Crippen molar-refractivity contribution < 1.29 is 14.0 Å². The predicted octanol–water partition coefficient (Wildman–Crippen LogP) is 6.01. The third-order valence-corrected chi connectivity index (χ3v) is 8.32. The zero-order chi connectivity index (χ0) is 24.6. The van der Waals surface area contributed by atoms with Crippen molar-refractivity contribution in [1.29, 1.82) is 0 Å². The second-order valence-corrected chi connectivity index (χ2v) is 10.6. The fraction of sp³-hybridized carbons (Fsp3) is 0.276. The van der Waals surface area contributed by atoms with Crippen molar-refractivity contribution in [1.82, 2.24) is 15.2 Å². The second-order valence-electron chi connectivity index (χ2n) is 9.54. The maximum absolute atomic E-state index is 13.7. The number of carbonyl (C=O) groups excluding carboxylic acids is 2. The Morgan fingerprint density at radius 1 is 1.00 bits per heavy atom. The number of likely N-dealkylation sites (tertiary alicyclic amines) is 1. The lowest BCUT2D eigenvalue weighted by molar-refractivity contribution is 0.0721. The molecule has 7 heteroatoms. The topological polar surface area (TPSA) is 62.3 Å². The maximum Gasteiger partial charge on any atom is 0.274 e. The molecule has 1 aliphatic heterocycles. The quantitative estimate of drug-likeness (QED) is 0.353. The average molecular weight is 500 g/mol. The zero-order valence-corrected chi connectivity index (χ0v) is 20.6. The van der Waals surface area contributed by atoms with Crippen LogP contribution in [-0.2, 0) is 0 Å². The number of hydrogen-bond acceptors (Lipinski definition) is 4. The molecule has 0 bridgehead atoms. The summed E-state index contributed by atoms with van der Waals surface area (Å²) in [6, 6.07) is 19.7. The normalized spacial score (nSPS) is 17.5. The van der Waals surface area contributed by atoms with Gasteiger partial charge in [-0.15, -0.1) is 11.3 Å². The number of amides is 2. The summed E-state index contributed by atoms with van der Waals surface area (Å²) in [5.41, 5.74) is 1.89. The molecule has 1 saturated heterocycles. The molecule has 0 radical (unpaired) electrons. The molecule has 2 heterocycles. The Balaban J connectivity index is 1.22. The monoisotopic (exact) mass is 499 g/mol. The predicted molar refractivity (Wildman–Crippen MR) is 140 cm³/mol. The standard InChI is InChI=1S/C29H26FN3O2S/c30-21-14-12-19(13-15-21)26-25(32-28(36-26)20-10-11-20)29(35)33-16-4-7-22(33)17-31-27(34)24-9-3-6-18-5-1-2-8-23(18)24/h1-3,5-6,8-9,12-15,20,22H,4,7,10-11,16-17H2,(H,31,34)/t22-/m0/s1. The highest BCUT2D eigenvalue weighted by atomic mass is 32.1. The number of hydrogen-bond donors (Lipinski definition) is 1. The van der Waals surface area contributed by atoms with Gasteiger partial charge in [0, 0.05) is 30.6 Å². The molecule has 182 valence electrons. The summed E-state index contributed by atoms with van der Waals surface area (Å²) in [4.78, 5) is 34.2. The third-order valence-electron chi connectivity index (χ3n) is 7.05.